The first-order chi connectivity index (χ1) is 7.84. The predicted molar refractivity (Wildman–Crippen MR) is 60.2 cm³/mol. The quantitative estimate of drug-likeness (QED) is 0.781. The number of aryl methyl sites for hydroxylation is 1. The van der Waals surface area contributed by atoms with Gasteiger partial charge >= 0.3 is 0 Å². The number of hydrogen-bond acceptors (Lipinski definition) is 4. The Balaban J connectivity index is 2.00. The minimum absolute atomic E-state index is 0.256. The van der Waals surface area contributed by atoms with Crippen LogP contribution in [0.2, 0.25) is 0 Å². The van der Waals surface area contributed by atoms with Gasteiger partial charge in [0.2, 0.25) is 5.95 Å². The SMILES string of the molecule is Cc1ccc(C2CCNc3nnnn32)cc1. The molecule has 0 fully saturated rings. The molecule has 0 saturated heterocycles. The fourth-order valence-corrected chi connectivity index (χ4v) is 2.06. The number of nitrogens with zero attached hydrogens (tertiary/aromatic N) is 4. The molecule has 5 nitrogen and oxygen atoms in total. The van der Waals surface area contributed by atoms with E-state index in [-0.39, 0.29) is 6.04 Å². The molecule has 1 aromatic carbocycles. The number of anilines is 1. The van der Waals surface area contributed by atoms with Crippen LogP contribution in [0.3, 0.4) is 0 Å². The average Bonchev–Trinajstić information content (AvgIpc) is 2.78. The molecule has 0 bridgehead atoms. The van der Waals surface area contributed by atoms with Crippen LogP contribution in [-0.2, 0) is 0 Å². The lowest BCUT2D eigenvalue weighted by molar-refractivity contribution is 0.469. The highest BCUT2D eigenvalue weighted by molar-refractivity contribution is 5.31. The van der Waals surface area contributed by atoms with Crippen LogP contribution in [0.25, 0.3) is 0 Å². The molecule has 0 spiro atoms. The molecular formula is C11H13N5. The van der Waals surface area contributed by atoms with Gasteiger partial charge in [-0.2, -0.15) is 0 Å². The van der Waals surface area contributed by atoms with Crippen molar-refractivity contribution in [1.29, 1.82) is 0 Å². The Bertz CT molecular complexity index is 487. The van der Waals surface area contributed by atoms with E-state index in [0.29, 0.717) is 0 Å². The predicted octanol–water partition coefficient (Wildman–Crippen LogP) is 1.39. The normalized spacial score (nSPS) is 18.9. The molecule has 82 valence electrons. The van der Waals surface area contributed by atoms with Crippen molar-refractivity contribution >= 4 is 5.95 Å². The van der Waals surface area contributed by atoms with Crippen LogP contribution in [0.1, 0.15) is 23.6 Å². The first-order valence-corrected chi connectivity index (χ1v) is 5.43. The lowest BCUT2D eigenvalue weighted by Gasteiger charge is -2.23. The third kappa shape index (κ3) is 1.44. The first kappa shape index (κ1) is 9.33. The molecule has 2 heterocycles. The van der Waals surface area contributed by atoms with Gasteiger partial charge in [-0.3, -0.25) is 0 Å². The molecule has 1 atom stereocenters. The summed E-state index contributed by atoms with van der Waals surface area (Å²) in [6.45, 7) is 3.01. The van der Waals surface area contributed by atoms with Crippen LogP contribution in [0.5, 0.6) is 0 Å². The van der Waals surface area contributed by atoms with E-state index >= 15 is 0 Å². The zero-order valence-electron chi connectivity index (χ0n) is 9.09. The van der Waals surface area contributed by atoms with E-state index in [4.69, 9.17) is 0 Å². The van der Waals surface area contributed by atoms with Gasteiger partial charge in [0.15, 0.2) is 0 Å². The summed E-state index contributed by atoms with van der Waals surface area (Å²) in [5, 5.41) is 14.8. The Morgan fingerprint density at radius 3 is 2.94 bits per heavy atom. The third-order valence-corrected chi connectivity index (χ3v) is 2.95. The maximum absolute atomic E-state index is 4.03. The Morgan fingerprint density at radius 2 is 2.12 bits per heavy atom. The number of tetrazole rings is 1. The van der Waals surface area contributed by atoms with Gasteiger partial charge in [-0.1, -0.05) is 34.9 Å². The van der Waals surface area contributed by atoms with E-state index in [2.05, 4.69) is 52.0 Å². The Morgan fingerprint density at radius 1 is 1.31 bits per heavy atom. The molecule has 0 radical (unpaired) electrons. The summed E-state index contributed by atoms with van der Waals surface area (Å²) in [7, 11) is 0. The van der Waals surface area contributed by atoms with Crippen molar-refractivity contribution in [2.24, 2.45) is 0 Å². The van der Waals surface area contributed by atoms with Crippen LogP contribution >= 0.6 is 0 Å². The third-order valence-electron chi connectivity index (χ3n) is 2.95. The van der Waals surface area contributed by atoms with Crippen molar-refractivity contribution in [3.05, 3.63) is 35.4 Å². The van der Waals surface area contributed by atoms with Gasteiger partial charge in [0, 0.05) is 6.54 Å². The lowest BCUT2D eigenvalue weighted by Crippen LogP contribution is -2.24. The number of fused-ring (bicyclic) bond motifs is 1. The van der Waals surface area contributed by atoms with Gasteiger partial charge in [-0.05, 0) is 29.3 Å². The van der Waals surface area contributed by atoms with Gasteiger partial charge in [0.25, 0.3) is 0 Å². The molecule has 2 aromatic rings. The Hall–Kier alpha value is -1.91. The van der Waals surface area contributed by atoms with Gasteiger partial charge < -0.3 is 5.32 Å². The van der Waals surface area contributed by atoms with Crippen LogP contribution in [0.15, 0.2) is 24.3 Å². The fourth-order valence-electron chi connectivity index (χ4n) is 2.06. The molecule has 3 rings (SSSR count). The highest BCUT2D eigenvalue weighted by atomic mass is 15.6. The number of aromatic nitrogens is 4. The summed E-state index contributed by atoms with van der Waals surface area (Å²) in [5.41, 5.74) is 2.54. The summed E-state index contributed by atoms with van der Waals surface area (Å²) >= 11 is 0. The maximum atomic E-state index is 4.03. The van der Waals surface area contributed by atoms with E-state index in [0.717, 1.165) is 18.9 Å². The molecule has 1 aromatic heterocycles. The van der Waals surface area contributed by atoms with E-state index in [1.54, 1.807) is 0 Å². The lowest BCUT2D eigenvalue weighted by atomic mass is 10.0. The summed E-state index contributed by atoms with van der Waals surface area (Å²) in [4.78, 5) is 0. The summed E-state index contributed by atoms with van der Waals surface area (Å²) in [5.74, 6) is 0.761. The number of hydrogen-bond donors (Lipinski definition) is 1. The van der Waals surface area contributed by atoms with Crippen LogP contribution in [0.4, 0.5) is 5.95 Å². The van der Waals surface area contributed by atoms with Crippen LogP contribution < -0.4 is 5.32 Å². The second kappa shape index (κ2) is 3.59. The van der Waals surface area contributed by atoms with Gasteiger partial charge in [-0.15, -0.1) is 0 Å². The number of nitrogens with one attached hydrogen (secondary N) is 1. The van der Waals surface area contributed by atoms with E-state index in [1.165, 1.54) is 11.1 Å². The van der Waals surface area contributed by atoms with Crippen molar-refractivity contribution in [3.8, 4) is 0 Å². The van der Waals surface area contributed by atoms with Crippen molar-refractivity contribution in [2.45, 2.75) is 19.4 Å². The van der Waals surface area contributed by atoms with E-state index in [9.17, 15) is 0 Å². The van der Waals surface area contributed by atoms with Crippen molar-refractivity contribution in [3.63, 3.8) is 0 Å². The zero-order valence-corrected chi connectivity index (χ0v) is 9.09. The molecule has 1 aliphatic rings. The monoisotopic (exact) mass is 215 g/mol. The minimum Gasteiger partial charge on any atom is -0.353 e. The largest absolute Gasteiger partial charge is 0.353 e. The second-order valence-corrected chi connectivity index (χ2v) is 4.09. The van der Waals surface area contributed by atoms with E-state index < -0.39 is 0 Å². The maximum Gasteiger partial charge on any atom is 0.243 e. The molecule has 0 amide bonds. The zero-order chi connectivity index (χ0) is 11.0. The van der Waals surface area contributed by atoms with Crippen molar-refractivity contribution in [1.82, 2.24) is 20.2 Å². The minimum atomic E-state index is 0.256. The summed E-state index contributed by atoms with van der Waals surface area (Å²) < 4.78 is 1.86. The first-order valence-electron chi connectivity index (χ1n) is 5.43. The molecule has 5 heteroatoms. The molecule has 0 aliphatic carbocycles. The fraction of sp³-hybridized carbons (Fsp3) is 0.364. The average molecular weight is 215 g/mol. The van der Waals surface area contributed by atoms with Gasteiger partial charge in [0.05, 0.1) is 6.04 Å². The molecule has 0 saturated carbocycles. The molecule has 1 aliphatic heterocycles. The molecule has 16 heavy (non-hydrogen) atoms. The van der Waals surface area contributed by atoms with Crippen molar-refractivity contribution in [2.75, 3.05) is 11.9 Å². The van der Waals surface area contributed by atoms with Crippen LogP contribution in [0, 0.1) is 6.92 Å². The second-order valence-electron chi connectivity index (χ2n) is 4.09. The number of rotatable bonds is 1. The van der Waals surface area contributed by atoms with Crippen LogP contribution in [-0.4, -0.2) is 26.8 Å². The summed E-state index contributed by atoms with van der Waals surface area (Å²) in [6, 6.07) is 8.81. The summed E-state index contributed by atoms with van der Waals surface area (Å²) in [6.07, 6.45) is 1.01. The molecule has 1 unspecified atom stereocenters. The van der Waals surface area contributed by atoms with Crippen molar-refractivity contribution < 1.29 is 0 Å². The topological polar surface area (TPSA) is 55.6 Å². The standard InChI is InChI=1S/C11H13N5/c1-8-2-4-9(5-3-8)10-6-7-12-11-13-14-15-16(10)11/h2-5,10H,6-7H2,1H3,(H,12,13,15). The number of benzene rings is 1. The Labute approximate surface area is 93.5 Å². The van der Waals surface area contributed by atoms with Gasteiger partial charge in [-0.25, -0.2) is 4.68 Å². The highest BCUT2D eigenvalue weighted by Crippen LogP contribution is 2.26. The smallest absolute Gasteiger partial charge is 0.243 e. The Kier molecular flexibility index (Phi) is 2.09. The van der Waals surface area contributed by atoms with Gasteiger partial charge in [0.1, 0.15) is 0 Å². The molecule has 1 N–H and O–H groups in total. The van der Waals surface area contributed by atoms with E-state index in [1.807, 2.05) is 4.68 Å². The highest BCUT2D eigenvalue weighted by Gasteiger charge is 2.22. The molecular weight excluding hydrogens is 202 g/mol.